The summed E-state index contributed by atoms with van der Waals surface area (Å²) >= 11 is 0. The summed E-state index contributed by atoms with van der Waals surface area (Å²) < 4.78 is 19.6. The van der Waals surface area contributed by atoms with Gasteiger partial charge in [-0.2, -0.15) is 0 Å². The summed E-state index contributed by atoms with van der Waals surface area (Å²) in [5, 5.41) is 3.47. The molecule has 1 heterocycles. The maximum absolute atomic E-state index is 14.0. The molecule has 0 amide bonds. The van der Waals surface area contributed by atoms with Gasteiger partial charge in [-0.3, -0.25) is 0 Å². The van der Waals surface area contributed by atoms with Crippen molar-refractivity contribution >= 4 is 0 Å². The highest BCUT2D eigenvalue weighted by atomic mass is 19.1. The lowest BCUT2D eigenvalue weighted by molar-refractivity contribution is 0.300. The van der Waals surface area contributed by atoms with Crippen molar-refractivity contribution in [3.05, 3.63) is 29.1 Å². The maximum Gasteiger partial charge on any atom is 0.168 e. The number of hydrogen-bond donors (Lipinski definition) is 1. The molecule has 3 heteroatoms. The largest absolute Gasteiger partial charge is 0.490 e. The molecule has 1 aliphatic heterocycles. The van der Waals surface area contributed by atoms with Gasteiger partial charge in [0.15, 0.2) is 11.6 Å². The molecule has 1 N–H and O–H groups in total. The van der Waals surface area contributed by atoms with Gasteiger partial charge in [-0.1, -0.05) is 19.1 Å². The number of nitrogens with one attached hydrogen (secondary N) is 1. The summed E-state index contributed by atoms with van der Waals surface area (Å²) in [7, 11) is 0. The zero-order valence-corrected chi connectivity index (χ0v) is 10.6. The molecule has 17 heavy (non-hydrogen) atoms. The van der Waals surface area contributed by atoms with E-state index in [9.17, 15) is 4.39 Å². The molecule has 0 fully saturated rings. The smallest absolute Gasteiger partial charge is 0.168 e. The lowest BCUT2D eigenvalue weighted by atomic mass is 10.00. The fraction of sp³-hybridized carbons (Fsp3) is 0.571. The Labute approximate surface area is 102 Å². The van der Waals surface area contributed by atoms with Crippen molar-refractivity contribution in [2.45, 2.75) is 39.2 Å². The first kappa shape index (κ1) is 12.4. The first-order valence-corrected chi connectivity index (χ1v) is 6.39. The summed E-state index contributed by atoms with van der Waals surface area (Å²) in [6.07, 6.45) is 3.06. The Bertz CT molecular complexity index is 392. The quantitative estimate of drug-likeness (QED) is 0.870. The van der Waals surface area contributed by atoms with Gasteiger partial charge in [-0.25, -0.2) is 4.39 Å². The second-order valence-electron chi connectivity index (χ2n) is 4.61. The van der Waals surface area contributed by atoms with Crippen molar-refractivity contribution in [2.24, 2.45) is 0 Å². The number of hydrogen-bond acceptors (Lipinski definition) is 2. The third kappa shape index (κ3) is 2.60. The Morgan fingerprint density at radius 1 is 1.47 bits per heavy atom. The van der Waals surface area contributed by atoms with Gasteiger partial charge in [-0.15, -0.1) is 0 Å². The third-order valence-electron chi connectivity index (χ3n) is 3.22. The number of halogens is 1. The Kier molecular flexibility index (Phi) is 4.00. The highest BCUT2D eigenvalue weighted by Gasteiger charge is 2.22. The molecule has 0 bridgehead atoms. The van der Waals surface area contributed by atoms with Crippen LogP contribution in [0.2, 0.25) is 0 Å². The standard InChI is InChI=1S/C14H20FNO/c1-3-8-16-12-5-4-9-17-14-11(12)7-6-10(2)13(14)15/h6-7,12,16H,3-5,8-9H2,1-2H3. The predicted octanol–water partition coefficient (Wildman–Crippen LogP) is 3.35. The van der Waals surface area contributed by atoms with Gasteiger partial charge >= 0.3 is 0 Å². The Morgan fingerprint density at radius 3 is 3.06 bits per heavy atom. The second kappa shape index (κ2) is 5.50. The minimum atomic E-state index is -0.201. The summed E-state index contributed by atoms with van der Waals surface area (Å²) in [6.45, 7) is 5.48. The van der Waals surface area contributed by atoms with Crippen molar-refractivity contribution < 1.29 is 9.13 Å². The van der Waals surface area contributed by atoms with Crippen LogP contribution in [0, 0.1) is 12.7 Å². The van der Waals surface area contributed by atoms with Crippen LogP contribution in [0.25, 0.3) is 0 Å². The molecule has 0 radical (unpaired) electrons. The van der Waals surface area contributed by atoms with Crippen molar-refractivity contribution in [3.8, 4) is 5.75 Å². The van der Waals surface area contributed by atoms with Gasteiger partial charge in [0.2, 0.25) is 0 Å². The average Bonchev–Trinajstić information content (AvgIpc) is 2.54. The predicted molar refractivity (Wildman–Crippen MR) is 66.9 cm³/mol. The van der Waals surface area contributed by atoms with Crippen LogP contribution in [0.15, 0.2) is 12.1 Å². The van der Waals surface area contributed by atoms with Gasteiger partial charge in [-0.05, 0) is 38.3 Å². The fourth-order valence-corrected chi connectivity index (χ4v) is 2.24. The molecule has 2 rings (SSSR count). The van der Waals surface area contributed by atoms with E-state index in [0.717, 1.165) is 31.4 Å². The van der Waals surface area contributed by atoms with Gasteiger partial charge in [0.25, 0.3) is 0 Å². The summed E-state index contributed by atoms with van der Waals surface area (Å²) in [5.74, 6) is 0.254. The molecule has 0 spiro atoms. The van der Waals surface area contributed by atoms with Crippen molar-refractivity contribution in [3.63, 3.8) is 0 Å². The Hall–Kier alpha value is -1.09. The third-order valence-corrected chi connectivity index (χ3v) is 3.22. The SMILES string of the molecule is CCCNC1CCCOc2c1ccc(C)c2F. The number of rotatable bonds is 3. The van der Waals surface area contributed by atoms with Gasteiger partial charge in [0.05, 0.1) is 6.61 Å². The van der Waals surface area contributed by atoms with Crippen LogP contribution in [-0.4, -0.2) is 13.2 Å². The van der Waals surface area contributed by atoms with Crippen LogP contribution >= 0.6 is 0 Å². The molecule has 2 nitrogen and oxygen atoms in total. The number of ether oxygens (including phenoxy) is 1. The molecule has 1 aliphatic rings. The van der Waals surface area contributed by atoms with Crippen LogP contribution < -0.4 is 10.1 Å². The van der Waals surface area contributed by atoms with Crippen LogP contribution in [-0.2, 0) is 0 Å². The van der Waals surface area contributed by atoms with E-state index in [1.165, 1.54) is 0 Å². The number of benzene rings is 1. The van der Waals surface area contributed by atoms with Crippen LogP contribution in [0.1, 0.15) is 43.4 Å². The number of fused-ring (bicyclic) bond motifs is 1. The fourth-order valence-electron chi connectivity index (χ4n) is 2.24. The minimum absolute atomic E-state index is 0.201. The van der Waals surface area contributed by atoms with Gasteiger partial charge < -0.3 is 10.1 Å². The molecule has 1 unspecified atom stereocenters. The molecular formula is C14H20FNO. The van der Waals surface area contributed by atoms with E-state index >= 15 is 0 Å². The average molecular weight is 237 g/mol. The van der Waals surface area contributed by atoms with Gasteiger partial charge in [0, 0.05) is 11.6 Å². The first-order valence-electron chi connectivity index (χ1n) is 6.39. The molecule has 0 aliphatic carbocycles. The topological polar surface area (TPSA) is 21.3 Å². The van der Waals surface area contributed by atoms with E-state index in [-0.39, 0.29) is 11.9 Å². The van der Waals surface area contributed by atoms with Crippen LogP contribution in [0.3, 0.4) is 0 Å². The lowest BCUT2D eigenvalue weighted by Crippen LogP contribution is -2.21. The first-order chi connectivity index (χ1) is 8.24. The highest BCUT2D eigenvalue weighted by Crippen LogP contribution is 2.34. The maximum atomic E-state index is 14.0. The second-order valence-corrected chi connectivity index (χ2v) is 4.61. The van der Waals surface area contributed by atoms with E-state index < -0.39 is 0 Å². The molecule has 0 saturated carbocycles. The molecule has 1 aromatic rings. The molecular weight excluding hydrogens is 217 g/mol. The number of aryl methyl sites for hydroxylation is 1. The molecule has 1 atom stereocenters. The van der Waals surface area contributed by atoms with E-state index in [1.54, 1.807) is 6.92 Å². The summed E-state index contributed by atoms with van der Waals surface area (Å²) in [6, 6.07) is 4.05. The van der Waals surface area contributed by atoms with Crippen molar-refractivity contribution in [1.82, 2.24) is 5.32 Å². The van der Waals surface area contributed by atoms with E-state index in [0.29, 0.717) is 17.9 Å². The van der Waals surface area contributed by atoms with Gasteiger partial charge in [0.1, 0.15) is 0 Å². The van der Waals surface area contributed by atoms with E-state index in [1.807, 2.05) is 12.1 Å². The minimum Gasteiger partial charge on any atom is -0.490 e. The van der Waals surface area contributed by atoms with Crippen LogP contribution in [0.5, 0.6) is 5.75 Å². The Morgan fingerprint density at radius 2 is 2.29 bits per heavy atom. The molecule has 0 aromatic heterocycles. The summed E-state index contributed by atoms with van der Waals surface area (Å²) in [4.78, 5) is 0. The van der Waals surface area contributed by atoms with Crippen molar-refractivity contribution in [1.29, 1.82) is 0 Å². The molecule has 1 aromatic carbocycles. The Balaban J connectivity index is 2.32. The zero-order valence-electron chi connectivity index (χ0n) is 10.6. The van der Waals surface area contributed by atoms with E-state index in [2.05, 4.69) is 12.2 Å². The molecule has 94 valence electrons. The van der Waals surface area contributed by atoms with Crippen LogP contribution in [0.4, 0.5) is 4.39 Å². The normalized spacial score (nSPS) is 19.4. The lowest BCUT2D eigenvalue weighted by Gasteiger charge is -2.18. The monoisotopic (exact) mass is 237 g/mol. The molecule has 0 saturated heterocycles. The van der Waals surface area contributed by atoms with E-state index in [4.69, 9.17) is 4.74 Å². The summed E-state index contributed by atoms with van der Waals surface area (Å²) in [5.41, 5.74) is 1.62. The highest BCUT2D eigenvalue weighted by molar-refractivity contribution is 5.41. The zero-order chi connectivity index (χ0) is 12.3. The van der Waals surface area contributed by atoms with Crippen molar-refractivity contribution in [2.75, 3.05) is 13.2 Å².